The van der Waals surface area contributed by atoms with Crippen molar-refractivity contribution in [2.24, 2.45) is 5.92 Å². The van der Waals surface area contributed by atoms with Crippen LogP contribution in [0.15, 0.2) is 36.4 Å². The number of hydrogen-bond acceptors (Lipinski definition) is 4. The third-order valence-corrected chi connectivity index (χ3v) is 6.26. The molecule has 2 aromatic carbocycles. The molecule has 0 radical (unpaired) electrons. The van der Waals surface area contributed by atoms with Crippen molar-refractivity contribution in [3.63, 3.8) is 0 Å². The third kappa shape index (κ3) is 8.34. The normalized spacial score (nSPS) is 13.1. The van der Waals surface area contributed by atoms with Crippen molar-refractivity contribution in [2.75, 3.05) is 12.4 Å². The maximum atomic E-state index is 13.8. The van der Waals surface area contributed by atoms with Gasteiger partial charge in [-0.3, -0.25) is 9.59 Å². The number of aryl methyl sites for hydroxylation is 4. The summed E-state index contributed by atoms with van der Waals surface area (Å²) in [5.74, 6) is -0.558. The van der Waals surface area contributed by atoms with Crippen LogP contribution in [0.4, 0.5) is 10.5 Å². The molecular weight excluding hydrogens is 466 g/mol. The molecule has 0 saturated carbocycles. The van der Waals surface area contributed by atoms with E-state index in [1.807, 2.05) is 77.9 Å². The molecule has 0 aliphatic rings. The lowest BCUT2D eigenvalue weighted by Crippen LogP contribution is -2.51. The van der Waals surface area contributed by atoms with Crippen LogP contribution in [0.25, 0.3) is 0 Å². The minimum atomic E-state index is -0.902. The zero-order valence-corrected chi connectivity index (χ0v) is 24.0. The number of carbonyl (C=O) groups is 3. The third-order valence-electron chi connectivity index (χ3n) is 6.26. The molecule has 202 valence electrons. The molecule has 2 N–H and O–H groups in total. The number of alkyl carbamates (subject to hydrolysis) is 1. The molecule has 0 heterocycles. The molecule has 2 unspecified atom stereocenters. The van der Waals surface area contributed by atoms with Crippen molar-refractivity contribution in [3.05, 3.63) is 64.2 Å². The summed E-state index contributed by atoms with van der Waals surface area (Å²) < 4.78 is 5.41. The van der Waals surface area contributed by atoms with Gasteiger partial charge in [0.2, 0.25) is 5.91 Å². The van der Waals surface area contributed by atoms with Gasteiger partial charge < -0.3 is 20.3 Å². The van der Waals surface area contributed by atoms with E-state index in [4.69, 9.17) is 4.74 Å². The number of carbonyl (C=O) groups excluding carboxylic acids is 3. The summed E-state index contributed by atoms with van der Waals surface area (Å²) >= 11 is 0. The molecular formula is C30H43N3O4. The Hall–Kier alpha value is -3.35. The molecule has 0 aromatic heterocycles. The molecule has 0 fully saturated rings. The molecule has 3 amide bonds. The van der Waals surface area contributed by atoms with E-state index in [9.17, 15) is 14.4 Å². The van der Waals surface area contributed by atoms with Crippen LogP contribution in [-0.2, 0) is 14.3 Å². The Kier molecular flexibility index (Phi) is 9.90. The molecule has 0 aliphatic heterocycles. The molecule has 2 aromatic rings. The van der Waals surface area contributed by atoms with Gasteiger partial charge >= 0.3 is 6.09 Å². The number of para-hydroxylation sites is 1. The molecule has 7 nitrogen and oxygen atoms in total. The first kappa shape index (κ1) is 29.9. The largest absolute Gasteiger partial charge is 0.444 e. The van der Waals surface area contributed by atoms with E-state index in [1.165, 1.54) is 4.90 Å². The number of nitrogens with one attached hydrogen (secondary N) is 2. The second-order valence-corrected chi connectivity index (χ2v) is 11.3. The molecule has 2 rings (SSSR count). The van der Waals surface area contributed by atoms with Gasteiger partial charge in [0, 0.05) is 12.7 Å². The lowest BCUT2D eigenvalue weighted by Gasteiger charge is -2.32. The second kappa shape index (κ2) is 12.3. The first-order chi connectivity index (χ1) is 17.1. The standard InChI is InChI=1S/C30H43N3O4/c1-18(2)16-24(31-29(36)37-30(7,8)9)28(35)33(10)26(23-15-14-19(3)22(6)17-23)27(34)32-25-20(4)12-11-13-21(25)5/h11-15,17-18,24,26H,16H2,1-10H3,(H,31,36)(H,32,34). The predicted molar refractivity (Wildman–Crippen MR) is 149 cm³/mol. The number of likely N-dealkylation sites (N-methyl/N-ethyl adjacent to an activating group) is 1. The second-order valence-electron chi connectivity index (χ2n) is 11.3. The molecule has 0 aliphatic carbocycles. The maximum Gasteiger partial charge on any atom is 0.408 e. The van der Waals surface area contributed by atoms with Crippen LogP contribution in [0.1, 0.15) is 74.9 Å². The van der Waals surface area contributed by atoms with Gasteiger partial charge in [0.25, 0.3) is 5.91 Å². The summed E-state index contributed by atoms with van der Waals surface area (Å²) in [4.78, 5) is 41.6. The van der Waals surface area contributed by atoms with E-state index in [2.05, 4.69) is 10.6 Å². The molecule has 7 heteroatoms. The van der Waals surface area contributed by atoms with Crippen LogP contribution >= 0.6 is 0 Å². The number of ether oxygens (including phenoxy) is 1. The summed E-state index contributed by atoms with van der Waals surface area (Å²) in [5.41, 5.74) is 4.71. The van der Waals surface area contributed by atoms with Crippen LogP contribution in [0, 0.1) is 33.6 Å². The fourth-order valence-electron chi connectivity index (χ4n) is 4.20. The topological polar surface area (TPSA) is 87.7 Å². The van der Waals surface area contributed by atoms with Gasteiger partial charge in [0.05, 0.1) is 0 Å². The highest BCUT2D eigenvalue weighted by Crippen LogP contribution is 2.27. The first-order valence-electron chi connectivity index (χ1n) is 12.8. The summed E-state index contributed by atoms with van der Waals surface area (Å²) in [6.07, 6.45) is -0.261. The van der Waals surface area contributed by atoms with E-state index in [0.29, 0.717) is 12.0 Å². The van der Waals surface area contributed by atoms with Gasteiger partial charge in [-0.25, -0.2) is 4.79 Å². The van der Waals surface area contributed by atoms with Crippen molar-refractivity contribution in [3.8, 4) is 0 Å². The van der Waals surface area contributed by atoms with E-state index >= 15 is 0 Å². The summed E-state index contributed by atoms with van der Waals surface area (Å²) in [5, 5.41) is 5.79. The predicted octanol–water partition coefficient (Wildman–Crippen LogP) is 6.00. The Morgan fingerprint density at radius 2 is 1.51 bits per heavy atom. The van der Waals surface area contributed by atoms with E-state index in [-0.39, 0.29) is 17.7 Å². The lowest BCUT2D eigenvalue weighted by molar-refractivity contribution is -0.139. The fourth-order valence-corrected chi connectivity index (χ4v) is 4.20. The van der Waals surface area contributed by atoms with Gasteiger partial charge in [-0.15, -0.1) is 0 Å². The summed E-state index contributed by atoms with van der Waals surface area (Å²) in [7, 11) is 1.61. The average Bonchev–Trinajstić information content (AvgIpc) is 2.76. The van der Waals surface area contributed by atoms with Crippen LogP contribution in [0.3, 0.4) is 0 Å². The Morgan fingerprint density at radius 3 is 2.03 bits per heavy atom. The van der Waals surface area contributed by atoms with Crippen molar-refractivity contribution in [2.45, 2.75) is 86.4 Å². The zero-order valence-electron chi connectivity index (χ0n) is 24.0. The maximum absolute atomic E-state index is 13.8. The number of amides is 3. The highest BCUT2D eigenvalue weighted by atomic mass is 16.6. The first-order valence-corrected chi connectivity index (χ1v) is 12.8. The monoisotopic (exact) mass is 509 g/mol. The zero-order chi connectivity index (χ0) is 28.1. The molecule has 0 saturated heterocycles. The minimum absolute atomic E-state index is 0.126. The van der Waals surface area contributed by atoms with Crippen LogP contribution in [-0.4, -0.2) is 41.5 Å². The van der Waals surface area contributed by atoms with Crippen LogP contribution in [0.5, 0.6) is 0 Å². The van der Waals surface area contributed by atoms with Crippen molar-refractivity contribution < 1.29 is 19.1 Å². The SMILES string of the molecule is Cc1ccc(C(C(=O)Nc2c(C)cccc2C)N(C)C(=O)C(CC(C)C)NC(=O)OC(C)(C)C)cc1C. The van der Waals surface area contributed by atoms with E-state index < -0.39 is 23.8 Å². The number of nitrogens with zero attached hydrogens (tertiary/aromatic N) is 1. The fraction of sp³-hybridized carbons (Fsp3) is 0.500. The quantitative estimate of drug-likeness (QED) is 0.457. The Labute approximate surface area is 222 Å². The van der Waals surface area contributed by atoms with Crippen LogP contribution in [0.2, 0.25) is 0 Å². The Morgan fingerprint density at radius 1 is 0.919 bits per heavy atom. The number of hydrogen-bond donors (Lipinski definition) is 2. The van der Waals surface area contributed by atoms with Gasteiger partial charge in [0.1, 0.15) is 17.7 Å². The number of benzene rings is 2. The van der Waals surface area contributed by atoms with Crippen molar-refractivity contribution in [1.82, 2.24) is 10.2 Å². The molecule has 0 spiro atoms. The van der Waals surface area contributed by atoms with Gasteiger partial charge in [0.15, 0.2) is 0 Å². The van der Waals surface area contributed by atoms with Gasteiger partial charge in [-0.1, -0.05) is 50.2 Å². The lowest BCUT2D eigenvalue weighted by atomic mass is 9.97. The van der Waals surface area contributed by atoms with Crippen molar-refractivity contribution in [1.29, 1.82) is 0 Å². The molecule has 37 heavy (non-hydrogen) atoms. The van der Waals surface area contributed by atoms with Gasteiger partial charge in [-0.2, -0.15) is 0 Å². The minimum Gasteiger partial charge on any atom is -0.444 e. The van der Waals surface area contributed by atoms with E-state index in [1.54, 1.807) is 27.8 Å². The summed E-state index contributed by atoms with van der Waals surface area (Å²) in [6, 6.07) is 9.83. The molecule has 2 atom stereocenters. The van der Waals surface area contributed by atoms with Crippen molar-refractivity contribution >= 4 is 23.6 Å². The highest BCUT2D eigenvalue weighted by molar-refractivity contribution is 5.99. The summed E-state index contributed by atoms with van der Waals surface area (Å²) in [6.45, 7) is 17.1. The Balaban J connectivity index is 2.46. The smallest absolute Gasteiger partial charge is 0.408 e. The average molecular weight is 510 g/mol. The molecule has 0 bridgehead atoms. The number of anilines is 1. The van der Waals surface area contributed by atoms with Crippen LogP contribution < -0.4 is 10.6 Å². The van der Waals surface area contributed by atoms with Gasteiger partial charge in [-0.05, 0) is 88.6 Å². The number of rotatable bonds is 8. The Bertz CT molecular complexity index is 1110. The van der Waals surface area contributed by atoms with E-state index in [0.717, 1.165) is 27.9 Å². The highest BCUT2D eigenvalue weighted by Gasteiger charge is 2.35.